The summed E-state index contributed by atoms with van der Waals surface area (Å²) in [6.07, 6.45) is 3.66. The maximum Gasteiger partial charge on any atom is 0.417 e. The Morgan fingerprint density at radius 3 is 2.61 bits per heavy atom. The van der Waals surface area contributed by atoms with E-state index in [2.05, 4.69) is 15.1 Å². The van der Waals surface area contributed by atoms with Crippen LogP contribution in [0, 0.1) is 0 Å². The number of rotatable bonds is 1. The Kier molecular flexibility index (Phi) is 3.56. The van der Waals surface area contributed by atoms with Gasteiger partial charge in [-0.1, -0.05) is 11.6 Å². The smallest absolute Gasteiger partial charge is 0.417 e. The van der Waals surface area contributed by atoms with Gasteiger partial charge in [-0.3, -0.25) is 4.79 Å². The summed E-state index contributed by atoms with van der Waals surface area (Å²) in [5, 5.41) is 4.54. The fourth-order valence-corrected chi connectivity index (χ4v) is 2.18. The normalized spacial score (nSPS) is 14.1. The van der Waals surface area contributed by atoms with Gasteiger partial charge in [-0.05, 0) is 20.8 Å². The summed E-state index contributed by atoms with van der Waals surface area (Å²) < 4.78 is 6.64. The number of halogens is 1. The molecule has 0 unspecified atom stereocenters. The Hall–Kier alpha value is -2.48. The lowest BCUT2D eigenvalue weighted by atomic mass is 10.2. The van der Waals surface area contributed by atoms with Crippen LogP contribution in [0.15, 0.2) is 18.6 Å². The molecule has 2 aromatic rings. The summed E-state index contributed by atoms with van der Waals surface area (Å²) in [4.78, 5) is 33.4. The summed E-state index contributed by atoms with van der Waals surface area (Å²) in [5.41, 5.74) is 0.154. The number of amides is 2. The highest BCUT2D eigenvalue weighted by Crippen LogP contribution is 2.24. The number of nitrogens with zero attached hydrogens (tertiary/aromatic N) is 5. The molecule has 0 fully saturated rings. The van der Waals surface area contributed by atoms with E-state index in [1.807, 2.05) is 0 Å². The van der Waals surface area contributed by atoms with E-state index in [1.54, 1.807) is 20.8 Å². The van der Waals surface area contributed by atoms with Gasteiger partial charge in [-0.15, -0.1) is 0 Å². The summed E-state index contributed by atoms with van der Waals surface area (Å²) in [7, 11) is 0. The van der Waals surface area contributed by atoms with Gasteiger partial charge in [0.2, 0.25) is 0 Å². The Labute approximate surface area is 137 Å². The monoisotopic (exact) mass is 335 g/mol. The second kappa shape index (κ2) is 5.31. The van der Waals surface area contributed by atoms with Crippen LogP contribution >= 0.6 is 11.6 Å². The van der Waals surface area contributed by atoms with Crippen LogP contribution in [0.4, 0.5) is 4.79 Å². The first kappa shape index (κ1) is 15.4. The fourth-order valence-electron chi connectivity index (χ4n) is 2.08. The SMILES string of the molecule is CC(C)(C)OC(=O)N1Cc2nn(-c3cnc(Cl)cn3)cc2C1=O. The summed E-state index contributed by atoms with van der Waals surface area (Å²) in [5.74, 6) is -0.0113. The van der Waals surface area contributed by atoms with Gasteiger partial charge in [-0.2, -0.15) is 5.10 Å². The van der Waals surface area contributed by atoms with Crippen LogP contribution < -0.4 is 0 Å². The molecule has 2 amide bonds. The molecule has 3 rings (SSSR count). The lowest BCUT2D eigenvalue weighted by molar-refractivity contribution is 0.0246. The highest BCUT2D eigenvalue weighted by atomic mass is 35.5. The van der Waals surface area contributed by atoms with E-state index in [0.717, 1.165) is 4.90 Å². The first-order valence-corrected chi connectivity index (χ1v) is 7.24. The number of hydrogen-bond donors (Lipinski definition) is 0. The van der Waals surface area contributed by atoms with Crippen molar-refractivity contribution in [3.8, 4) is 5.82 Å². The van der Waals surface area contributed by atoms with Crippen molar-refractivity contribution < 1.29 is 14.3 Å². The quantitative estimate of drug-likeness (QED) is 0.793. The minimum atomic E-state index is -0.682. The van der Waals surface area contributed by atoms with Crippen LogP contribution in [0.1, 0.15) is 36.8 Å². The van der Waals surface area contributed by atoms with E-state index in [1.165, 1.54) is 23.3 Å². The van der Waals surface area contributed by atoms with Gasteiger partial charge in [0.15, 0.2) is 5.82 Å². The predicted octanol–water partition coefficient (Wildman–Crippen LogP) is 2.21. The fraction of sp³-hybridized carbons (Fsp3) is 0.357. The minimum Gasteiger partial charge on any atom is -0.443 e. The van der Waals surface area contributed by atoms with Crippen molar-refractivity contribution in [3.05, 3.63) is 35.0 Å². The molecule has 9 heteroatoms. The standard InChI is InChI=1S/C14H14ClN5O3/c1-14(2,3)23-13(22)19-7-9-8(12(19)21)6-20(18-9)11-5-16-10(15)4-17-11/h4-6H,7H2,1-3H3. The third-order valence-corrected chi connectivity index (χ3v) is 3.22. The van der Waals surface area contributed by atoms with Crippen LogP contribution in [0.25, 0.3) is 5.82 Å². The number of carbonyl (C=O) groups is 2. The molecule has 0 saturated carbocycles. The zero-order valence-corrected chi connectivity index (χ0v) is 13.5. The lowest BCUT2D eigenvalue weighted by Crippen LogP contribution is -2.37. The largest absolute Gasteiger partial charge is 0.443 e. The Morgan fingerprint density at radius 1 is 1.30 bits per heavy atom. The highest BCUT2D eigenvalue weighted by molar-refractivity contribution is 6.29. The van der Waals surface area contributed by atoms with Crippen molar-refractivity contribution in [2.24, 2.45) is 0 Å². The number of ether oxygens (including phenoxy) is 1. The molecule has 0 bridgehead atoms. The molecule has 1 aliphatic rings. The molecule has 23 heavy (non-hydrogen) atoms. The van der Waals surface area contributed by atoms with E-state index in [0.29, 0.717) is 17.1 Å². The van der Waals surface area contributed by atoms with Gasteiger partial charge in [-0.25, -0.2) is 24.3 Å². The van der Waals surface area contributed by atoms with Crippen LogP contribution in [0.5, 0.6) is 0 Å². The average Bonchev–Trinajstić information content (AvgIpc) is 2.98. The lowest BCUT2D eigenvalue weighted by Gasteiger charge is -2.23. The summed E-state index contributed by atoms with van der Waals surface area (Å²) in [6, 6.07) is 0. The zero-order chi connectivity index (χ0) is 16.8. The molecule has 0 N–H and O–H groups in total. The second-order valence-corrected chi connectivity index (χ2v) is 6.39. The second-order valence-electron chi connectivity index (χ2n) is 6.00. The molecule has 0 aromatic carbocycles. The highest BCUT2D eigenvalue weighted by Gasteiger charge is 2.37. The van der Waals surface area contributed by atoms with E-state index in [-0.39, 0.29) is 11.7 Å². The number of hydrogen-bond acceptors (Lipinski definition) is 6. The van der Waals surface area contributed by atoms with Crippen LogP contribution in [0.3, 0.4) is 0 Å². The van der Waals surface area contributed by atoms with Gasteiger partial charge in [0.05, 0.1) is 30.2 Å². The van der Waals surface area contributed by atoms with Crippen molar-refractivity contribution >= 4 is 23.6 Å². The Morgan fingerprint density at radius 2 is 2.04 bits per heavy atom. The molecule has 0 atom stereocenters. The summed E-state index contributed by atoms with van der Waals surface area (Å²) >= 11 is 5.69. The molecule has 120 valence electrons. The van der Waals surface area contributed by atoms with Crippen molar-refractivity contribution in [2.75, 3.05) is 0 Å². The van der Waals surface area contributed by atoms with Crippen LogP contribution in [-0.4, -0.2) is 42.2 Å². The molecular weight excluding hydrogens is 322 g/mol. The third-order valence-electron chi connectivity index (χ3n) is 3.03. The van der Waals surface area contributed by atoms with Gasteiger partial charge in [0.25, 0.3) is 5.91 Å². The van der Waals surface area contributed by atoms with Gasteiger partial charge < -0.3 is 4.74 Å². The first-order chi connectivity index (χ1) is 10.7. The van der Waals surface area contributed by atoms with E-state index in [9.17, 15) is 9.59 Å². The number of aromatic nitrogens is 4. The average molecular weight is 336 g/mol. The molecule has 8 nitrogen and oxygen atoms in total. The maximum absolute atomic E-state index is 12.3. The van der Waals surface area contributed by atoms with Gasteiger partial charge >= 0.3 is 6.09 Å². The molecule has 0 aliphatic carbocycles. The number of fused-ring (bicyclic) bond motifs is 1. The number of imide groups is 1. The van der Waals surface area contributed by atoms with E-state index < -0.39 is 17.6 Å². The van der Waals surface area contributed by atoms with Crippen molar-refractivity contribution in [3.63, 3.8) is 0 Å². The molecule has 1 aliphatic heterocycles. The van der Waals surface area contributed by atoms with Crippen molar-refractivity contribution in [1.82, 2.24) is 24.6 Å². The van der Waals surface area contributed by atoms with E-state index >= 15 is 0 Å². The topological polar surface area (TPSA) is 90.2 Å². The Bertz CT molecular complexity index is 779. The maximum atomic E-state index is 12.3. The van der Waals surface area contributed by atoms with Crippen LogP contribution in [-0.2, 0) is 11.3 Å². The Balaban J connectivity index is 1.82. The van der Waals surface area contributed by atoms with Crippen LogP contribution in [0.2, 0.25) is 5.15 Å². The minimum absolute atomic E-state index is 0.0666. The third kappa shape index (κ3) is 3.02. The molecule has 3 heterocycles. The first-order valence-electron chi connectivity index (χ1n) is 6.86. The van der Waals surface area contributed by atoms with E-state index in [4.69, 9.17) is 16.3 Å². The zero-order valence-electron chi connectivity index (χ0n) is 12.8. The molecule has 0 spiro atoms. The predicted molar refractivity (Wildman–Crippen MR) is 80.3 cm³/mol. The number of carbonyl (C=O) groups excluding carboxylic acids is 2. The van der Waals surface area contributed by atoms with Gasteiger partial charge in [0, 0.05) is 6.20 Å². The molecular formula is C14H14ClN5O3. The van der Waals surface area contributed by atoms with Gasteiger partial charge in [0.1, 0.15) is 10.8 Å². The van der Waals surface area contributed by atoms with Crippen molar-refractivity contribution in [1.29, 1.82) is 0 Å². The molecule has 0 saturated heterocycles. The molecule has 2 aromatic heterocycles. The van der Waals surface area contributed by atoms with Crippen molar-refractivity contribution in [2.45, 2.75) is 32.9 Å². The molecule has 0 radical (unpaired) electrons. The summed E-state index contributed by atoms with van der Waals surface area (Å²) in [6.45, 7) is 5.29.